The molecule has 2 fully saturated rings. The van der Waals surface area contributed by atoms with Crippen molar-refractivity contribution in [3.63, 3.8) is 0 Å². The number of fused-ring (bicyclic) bond motifs is 2. The summed E-state index contributed by atoms with van der Waals surface area (Å²) in [6.45, 7) is 14.3. The quantitative estimate of drug-likeness (QED) is 0.156. The molecule has 5 aromatic rings. The molecule has 0 spiro atoms. The maximum absolute atomic E-state index is 13.4. The van der Waals surface area contributed by atoms with Crippen LogP contribution in [0.3, 0.4) is 0 Å². The Labute approximate surface area is 287 Å². The SMILES string of the molecule is CC.CC.CCC(C)C(=O)c1cc2cnc(Nc3cncc(-c4cc(O)cc5c(=O)cc(N6CCOCC6)oc45)c3)nc2n1C1CCCC1. The number of benzene rings is 1. The van der Waals surface area contributed by atoms with E-state index in [4.69, 9.17) is 14.1 Å². The highest BCUT2D eigenvalue weighted by Crippen LogP contribution is 2.37. The highest BCUT2D eigenvalue weighted by Gasteiger charge is 2.27. The normalized spacial score (nSPS) is 15.3. The van der Waals surface area contributed by atoms with E-state index in [9.17, 15) is 14.7 Å². The second-order valence-electron chi connectivity index (χ2n) is 12.0. The third kappa shape index (κ3) is 7.46. The molecule has 0 bridgehead atoms. The summed E-state index contributed by atoms with van der Waals surface area (Å²) >= 11 is 0. The zero-order valence-corrected chi connectivity index (χ0v) is 29.5. The van der Waals surface area contributed by atoms with Crippen LogP contribution in [0, 0.1) is 5.92 Å². The molecular formula is C38H48N6O5. The van der Waals surface area contributed by atoms with Gasteiger partial charge in [-0.1, -0.05) is 54.4 Å². The Morgan fingerprint density at radius 2 is 1.76 bits per heavy atom. The number of ether oxygens (including phenoxy) is 1. The highest BCUT2D eigenvalue weighted by molar-refractivity contribution is 6.01. The van der Waals surface area contributed by atoms with E-state index >= 15 is 0 Å². The number of hydrogen-bond acceptors (Lipinski definition) is 10. The van der Waals surface area contributed by atoms with Crippen molar-refractivity contribution in [1.82, 2.24) is 19.5 Å². The fourth-order valence-corrected chi connectivity index (χ4v) is 6.40. The number of carbonyl (C=O) groups excluding carboxylic acids is 1. The van der Waals surface area contributed by atoms with Gasteiger partial charge in [-0.2, -0.15) is 4.98 Å². The Morgan fingerprint density at radius 1 is 1.02 bits per heavy atom. The minimum atomic E-state index is -0.240. The summed E-state index contributed by atoms with van der Waals surface area (Å²) < 4.78 is 13.9. The summed E-state index contributed by atoms with van der Waals surface area (Å²) in [6.07, 6.45) is 10.1. The van der Waals surface area contributed by atoms with Crippen LogP contribution in [0.25, 0.3) is 33.1 Å². The van der Waals surface area contributed by atoms with Crippen LogP contribution in [0.1, 0.15) is 90.2 Å². The first-order chi connectivity index (χ1) is 23.9. The number of ketones is 1. The van der Waals surface area contributed by atoms with Crippen molar-refractivity contribution >= 4 is 45.3 Å². The molecule has 1 aliphatic carbocycles. The lowest BCUT2D eigenvalue weighted by atomic mass is 10.0. The van der Waals surface area contributed by atoms with E-state index < -0.39 is 0 Å². The molecule has 11 heteroatoms. The number of phenols is 1. The van der Waals surface area contributed by atoms with E-state index in [0.29, 0.717) is 66.2 Å². The topological polar surface area (TPSA) is 136 Å². The van der Waals surface area contributed by atoms with Gasteiger partial charge in [0, 0.05) is 60.0 Å². The third-order valence-electron chi connectivity index (χ3n) is 9.01. The van der Waals surface area contributed by atoms with Crippen LogP contribution in [0.4, 0.5) is 17.5 Å². The molecule has 260 valence electrons. The first-order valence-electron chi connectivity index (χ1n) is 17.7. The number of aromatic nitrogens is 4. The van der Waals surface area contributed by atoms with Crippen LogP contribution in [-0.2, 0) is 4.74 Å². The van der Waals surface area contributed by atoms with Gasteiger partial charge in [0.25, 0.3) is 0 Å². The van der Waals surface area contributed by atoms with Crippen LogP contribution in [-0.4, -0.2) is 56.7 Å². The lowest BCUT2D eigenvalue weighted by molar-refractivity contribution is 0.0916. The van der Waals surface area contributed by atoms with Gasteiger partial charge < -0.3 is 29.0 Å². The molecule has 2 N–H and O–H groups in total. The molecule has 0 radical (unpaired) electrons. The smallest absolute Gasteiger partial charge is 0.229 e. The molecule has 5 heterocycles. The standard InChI is InChI=1S/C34H36N6O5.2C2H6/c1-3-20(2)31(43)28-13-22-18-36-34(38-33(22)40(28)24-6-4-5-7-24)37-23-12-21(17-35-19-23)26-14-25(41)15-27-29(42)16-30(45-32(26)27)39-8-10-44-11-9-39;2*1-2/h12-20,24,41H,3-11H2,1-2H3,(H,36,37,38);2*1-2H3. The molecule has 1 saturated carbocycles. The largest absolute Gasteiger partial charge is 0.508 e. The lowest BCUT2D eigenvalue weighted by Crippen LogP contribution is -2.36. The number of aromatic hydroxyl groups is 1. The maximum Gasteiger partial charge on any atom is 0.229 e. The molecule has 49 heavy (non-hydrogen) atoms. The lowest BCUT2D eigenvalue weighted by Gasteiger charge is -2.27. The number of anilines is 3. The predicted molar refractivity (Wildman–Crippen MR) is 195 cm³/mol. The summed E-state index contributed by atoms with van der Waals surface area (Å²) in [4.78, 5) is 42.4. The zero-order valence-electron chi connectivity index (χ0n) is 29.5. The number of morpholine rings is 1. The Hall–Kier alpha value is -4.77. The summed E-state index contributed by atoms with van der Waals surface area (Å²) in [7, 11) is 0. The van der Waals surface area contributed by atoms with Crippen LogP contribution < -0.4 is 15.6 Å². The predicted octanol–water partition coefficient (Wildman–Crippen LogP) is 8.28. The number of pyridine rings is 1. The van der Waals surface area contributed by atoms with Gasteiger partial charge in [0.1, 0.15) is 17.0 Å². The third-order valence-corrected chi connectivity index (χ3v) is 9.01. The molecule has 2 aliphatic rings. The number of phenolic OH excluding ortho intramolecular Hbond substituents is 1. The Balaban J connectivity index is 0.00000113. The Bertz CT molecular complexity index is 1960. The number of rotatable bonds is 8. The minimum absolute atomic E-state index is 0.0495. The zero-order chi connectivity index (χ0) is 35.1. The maximum atomic E-state index is 13.4. The van der Waals surface area contributed by atoms with Crippen molar-refractivity contribution in [1.29, 1.82) is 0 Å². The van der Waals surface area contributed by atoms with Gasteiger partial charge in [0.15, 0.2) is 17.1 Å². The van der Waals surface area contributed by atoms with Crippen molar-refractivity contribution in [2.75, 3.05) is 36.5 Å². The molecule has 11 nitrogen and oxygen atoms in total. The molecule has 4 aromatic heterocycles. The average Bonchev–Trinajstić information content (AvgIpc) is 3.81. The van der Waals surface area contributed by atoms with Crippen LogP contribution in [0.15, 0.2) is 58.1 Å². The summed E-state index contributed by atoms with van der Waals surface area (Å²) in [5.74, 6) is 0.852. The first-order valence-corrected chi connectivity index (χ1v) is 17.7. The van der Waals surface area contributed by atoms with Gasteiger partial charge in [-0.05, 0) is 43.5 Å². The molecule has 1 aliphatic heterocycles. The van der Waals surface area contributed by atoms with E-state index in [1.54, 1.807) is 24.7 Å². The van der Waals surface area contributed by atoms with E-state index in [1.165, 1.54) is 12.1 Å². The van der Waals surface area contributed by atoms with Crippen molar-refractivity contribution < 1.29 is 19.1 Å². The van der Waals surface area contributed by atoms with Gasteiger partial charge in [-0.3, -0.25) is 14.6 Å². The van der Waals surface area contributed by atoms with Crippen LogP contribution >= 0.6 is 0 Å². The second-order valence-corrected chi connectivity index (χ2v) is 12.0. The van der Waals surface area contributed by atoms with E-state index in [-0.39, 0.29) is 34.3 Å². The molecular weight excluding hydrogens is 620 g/mol. The molecule has 1 aromatic carbocycles. The number of nitrogens with one attached hydrogen (secondary N) is 1. The minimum Gasteiger partial charge on any atom is -0.508 e. The molecule has 1 saturated heterocycles. The molecule has 0 amide bonds. The van der Waals surface area contributed by atoms with Crippen molar-refractivity contribution in [3.8, 4) is 16.9 Å². The summed E-state index contributed by atoms with van der Waals surface area (Å²) in [5, 5.41) is 14.9. The van der Waals surface area contributed by atoms with E-state index in [1.807, 2.05) is 58.6 Å². The average molecular weight is 669 g/mol. The number of hydrogen-bond donors (Lipinski definition) is 2. The highest BCUT2D eigenvalue weighted by atomic mass is 16.5. The monoisotopic (exact) mass is 668 g/mol. The summed E-state index contributed by atoms with van der Waals surface area (Å²) in [5.41, 5.74) is 3.36. The Kier molecular flexibility index (Phi) is 11.7. The number of Topliss-reactive ketones (excluding diaryl/α,β-unsaturated/α-hetero) is 1. The van der Waals surface area contributed by atoms with Crippen LogP contribution in [0.2, 0.25) is 0 Å². The van der Waals surface area contributed by atoms with Crippen LogP contribution in [0.5, 0.6) is 5.75 Å². The first kappa shape index (κ1) is 35.5. The van der Waals surface area contributed by atoms with Gasteiger partial charge in [-0.15, -0.1) is 0 Å². The van der Waals surface area contributed by atoms with Crippen molar-refractivity contribution in [2.24, 2.45) is 5.92 Å². The van der Waals surface area contributed by atoms with Gasteiger partial charge in [-0.25, -0.2) is 4.98 Å². The van der Waals surface area contributed by atoms with Gasteiger partial charge in [0.05, 0.1) is 36.2 Å². The van der Waals surface area contributed by atoms with Gasteiger partial charge >= 0.3 is 0 Å². The number of carbonyl (C=O) groups is 1. The molecule has 7 rings (SSSR count). The number of nitrogens with zero attached hydrogens (tertiary/aromatic N) is 5. The van der Waals surface area contributed by atoms with E-state index in [0.717, 1.165) is 43.1 Å². The molecule has 1 atom stereocenters. The van der Waals surface area contributed by atoms with E-state index in [2.05, 4.69) is 19.9 Å². The fourth-order valence-electron chi connectivity index (χ4n) is 6.40. The molecule has 1 unspecified atom stereocenters. The van der Waals surface area contributed by atoms with Crippen molar-refractivity contribution in [2.45, 2.75) is 79.7 Å². The van der Waals surface area contributed by atoms with Gasteiger partial charge in [0.2, 0.25) is 5.95 Å². The second kappa shape index (κ2) is 16.1. The fraction of sp³-hybridized carbons (Fsp3) is 0.447. The summed E-state index contributed by atoms with van der Waals surface area (Å²) in [6, 6.07) is 8.47. The van der Waals surface area contributed by atoms with Crippen molar-refractivity contribution in [3.05, 3.63) is 64.8 Å². The Morgan fingerprint density at radius 3 is 2.47 bits per heavy atom.